The van der Waals surface area contributed by atoms with Gasteiger partial charge in [-0.15, -0.1) is 23.2 Å². The second kappa shape index (κ2) is 6.87. The highest BCUT2D eigenvalue weighted by Gasteiger charge is 2.56. The van der Waals surface area contributed by atoms with E-state index in [-0.39, 0.29) is 11.8 Å². The van der Waals surface area contributed by atoms with E-state index in [1.165, 1.54) is 0 Å². The first-order valence-corrected chi connectivity index (χ1v) is 8.13. The molecule has 1 heterocycles. The van der Waals surface area contributed by atoms with Gasteiger partial charge in [-0.25, -0.2) is 0 Å². The zero-order valence-electron chi connectivity index (χ0n) is 13.0. The molecule has 1 N–H and O–H groups in total. The Hall–Kier alpha value is -1.98. The Bertz CT molecular complexity index is 738. The van der Waals surface area contributed by atoms with Crippen LogP contribution in [0.5, 0.6) is 11.5 Å². The van der Waals surface area contributed by atoms with E-state index in [1.54, 1.807) is 37.7 Å². The Kier molecular flexibility index (Phi) is 4.83. The van der Waals surface area contributed by atoms with E-state index in [9.17, 15) is 4.79 Å². The van der Waals surface area contributed by atoms with Crippen LogP contribution in [0, 0.1) is 5.92 Å². The lowest BCUT2D eigenvalue weighted by molar-refractivity contribution is -0.117. The number of ether oxygens (including phenoxy) is 2. The highest BCUT2D eigenvalue weighted by atomic mass is 35.5. The normalized spacial score (nSPS) is 17.9. The monoisotopic (exact) mass is 366 g/mol. The molecular formula is C17H16Cl2N2O3. The number of rotatable bonds is 6. The van der Waals surface area contributed by atoms with Crippen LogP contribution in [0.2, 0.25) is 0 Å². The first kappa shape index (κ1) is 16.9. The number of aromatic nitrogens is 1. The van der Waals surface area contributed by atoms with Crippen LogP contribution in [0.15, 0.2) is 42.7 Å². The molecule has 1 unspecified atom stereocenters. The third-order valence-electron chi connectivity index (χ3n) is 3.72. The van der Waals surface area contributed by atoms with Crippen molar-refractivity contribution in [1.82, 2.24) is 4.98 Å². The third-order valence-corrected chi connectivity index (χ3v) is 4.55. The van der Waals surface area contributed by atoms with Crippen LogP contribution < -0.4 is 14.8 Å². The molecule has 1 fully saturated rings. The van der Waals surface area contributed by atoms with E-state index in [0.29, 0.717) is 30.2 Å². The Balaban J connectivity index is 1.69. The van der Waals surface area contributed by atoms with Gasteiger partial charge in [0.1, 0.15) is 10.9 Å². The summed E-state index contributed by atoms with van der Waals surface area (Å²) in [4.78, 5) is 16.0. The molecule has 1 atom stereocenters. The maximum absolute atomic E-state index is 12.1. The lowest BCUT2D eigenvalue weighted by Gasteiger charge is -2.13. The summed E-state index contributed by atoms with van der Waals surface area (Å²) in [6.45, 7) is 0.366. The zero-order valence-corrected chi connectivity index (χ0v) is 14.5. The van der Waals surface area contributed by atoms with Gasteiger partial charge in [0.25, 0.3) is 0 Å². The smallest absolute Gasteiger partial charge is 0.230 e. The number of nitrogens with one attached hydrogen (secondary N) is 1. The maximum atomic E-state index is 12.1. The number of carbonyl (C=O) groups is 1. The number of pyridine rings is 1. The Morgan fingerprint density at radius 2 is 2.00 bits per heavy atom. The lowest BCUT2D eigenvalue weighted by atomic mass is 10.2. The predicted octanol–water partition coefficient (Wildman–Crippen LogP) is 3.80. The van der Waals surface area contributed by atoms with E-state index in [2.05, 4.69) is 10.3 Å². The minimum Gasteiger partial charge on any atom is -0.493 e. The number of amides is 1. The van der Waals surface area contributed by atoms with Gasteiger partial charge in [0.05, 0.1) is 13.0 Å². The largest absolute Gasteiger partial charge is 0.493 e. The third kappa shape index (κ3) is 3.91. The Morgan fingerprint density at radius 1 is 1.29 bits per heavy atom. The number of hydrogen-bond donors (Lipinski definition) is 1. The zero-order chi connectivity index (χ0) is 17.2. The van der Waals surface area contributed by atoms with Crippen molar-refractivity contribution in [2.75, 3.05) is 12.4 Å². The second-order valence-corrected chi connectivity index (χ2v) is 7.06. The van der Waals surface area contributed by atoms with Crippen LogP contribution in [0.1, 0.15) is 12.0 Å². The summed E-state index contributed by atoms with van der Waals surface area (Å²) in [7, 11) is 1.56. The lowest BCUT2D eigenvalue weighted by Crippen LogP contribution is -2.16. The van der Waals surface area contributed by atoms with Crippen LogP contribution in [0.3, 0.4) is 0 Å². The molecule has 126 valence electrons. The number of carbonyl (C=O) groups excluding carboxylic acids is 1. The summed E-state index contributed by atoms with van der Waals surface area (Å²) in [6.07, 6.45) is 3.86. The molecule has 7 heteroatoms. The van der Waals surface area contributed by atoms with Gasteiger partial charge in [-0.3, -0.25) is 9.78 Å². The molecule has 1 saturated carbocycles. The summed E-state index contributed by atoms with van der Waals surface area (Å²) in [5, 5.41) is 2.80. The van der Waals surface area contributed by atoms with Crippen molar-refractivity contribution in [3.63, 3.8) is 0 Å². The van der Waals surface area contributed by atoms with Crippen molar-refractivity contribution >= 4 is 34.8 Å². The minimum atomic E-state index is -0.947. The van der Waals surface area contributed by atoms with E-state index in [1.807, 2.05) is 12.1 Å². The fraction of sp³-hybridized carbons (Fsp3) is 0.294. The van der Waals surface area contributed by atoms with Gasteiger partial charge in [-0.05, 0) is 36.2 Å². The first-order chi connectivity index (χ1) is 11.5. The molecule has 0 saturated heterocycles. The molecule has 24 heavy (non-hydrogen) atoms. The second-order valence-electron chi connectivity index (χ2n) is 5.52. The van der Waals surface area contributed by atoms with E-state index < -0.39 is 4.33 Å². The van der Waals surface area contributed by atoms with Crippen molar-refractivity contribution in [1.29, 1.82) is 0 Å². The van der Waals surface area contributed by atoms with Crippen LogP contribution in [0.4, 0.5) is 5.69 Å². The van der Waals surface area contributed by atoms with Crippen molar-refractivity contribution in [3.8, 4) is 11.5 Å². The molecule has 1 aliphatic carbocycles. The average Bonchev–Trinajstić information content (AvgIpc) is 3.23. The fourth-order valence-corrected chi connectivity index (χ4v) is 2.74. The van der Waals surface area contributed by atoms with Crippen molar-refractivity contribution < 1.29 is 14.3 Å². The van der Waals surface area contributed by atoms with Gasteiger partial charge in [0.15, 0.2) is 11.5 Å². The molecule has 1 aromatic carbocycles. The van der Waals surface area contributed by atoms with Gasteiger partial charge in [-0.2, -0.15) is 0 Å². The number of hydrogen-bond acceptors (Lipinski definition) is 4. The summed E-state index contributed by atoms with van der Waals surface area (Å²) in [6, 6.07) is 8.92. The molecule has 0 spiro atoms. The molecule has 0 bridgehead atoms. The minimum absolute atomic E-state index is 0.203. The van der Waals surface area contributed by atoms with Crippen LogP contribution in [-0.4, -0.2) is 22.3 Å². The molecule has 3 rings (SSSR count). The summed E-state index contributed by atoms with van der Waals surface area (Å²) in [5.41, 5.74) is 1.58. The molecular weight excluding hydrogens is 351 g/mol. The van der Waals surface area contributed by atoms with Crippen LogP contribution in [0.25, 0.3) is 0 Å². The number of alkyl halides is 2. The Labute approximate surface area is 149 Å². The molecule has 5 nitrogen and oxygen atoms in total. The van der Waals surface area contributed by atoms with Crippen LogP contribution >= 0.6 is 23.2 Å². The summed E-state index contributed by atoms with van der Waals surface area (Å²) < 4.78 is 10.1. The van der Waals surface area contributed by atoms with E-state index >= 15 is 0 Å². The Morgan fingerprint density at radius 3 is 2.62 bits per heavy atom. The highest BCUT2D eigenvalue weighted by molar-refractivity contribution is 6.52. The maximum Gasteiger partial charge on any atom is 0.230 e. The standard InChI is InChI=1S/C17H16Cl2N2O3/c1-23-14-3-2-12(21-16(22)13-9-17(13,18)19)8-15(14)24-10-11-4-6-20-7-5-11/h2-8,13H,9-10H2,1H3,(H,21,22). The molecule has 1 aromatic heterocycles. The molecule has 1 amide bonds. The number of nitrogens with zero attached hydrogens (tertiary/aromatic N) is 1. The van der Waals surface area contributed by atoms with Crippen LogP contribution in [-0.2, 0) is 11.4 Å². The molecule has 2 aromatic rings. The fourth-order valence-electron chi connectivity index (χ4n) is 2.23. The van der Waals surface area contributed by atoms with E-state index in [0.717, 1.165) is 5.56 Å². The van der Waals surface area contributed by atoms with Gasteiger partial charge in [0, 0.05) is 24.1 Å². The number of methoxy groups -OCH3 is 1. The SMILES string of the molecule is COc1ccc(NC(=O)C2CC2(Cl)Cl)cc1OCc1ccncc1. The average molecular weight is 367 g/mol. The number of halogens is 2. The topological polar surface area (TPSA) is 60.5 Å². The van der Waals surface area contributed by atoms with Crippen molar-refractivity contribution in [2.45, 2.75) is 17.4 Å². The quantitative estimate of drug-likeness (QED) is 0.789. The van der Waals surface area contributed by atoms with Gasteiger partial charge < -0.3 is 14.8 Å². The van der Waals surface area contributed by atoms with Gasteiger partial charge >= 0.3 is 0 Å². The summed E-state index contributed by atoms with van der Waals surface area (Å²) >= 11 is 11.8. The van der Waals surface area contributed by atoms with Crippen molar-refractivity contribution in [3.05, 3.63) is 48.3 Å². The highest BCUT2D eigenvalue weighted by Crippen LogP contribution is 2.53. The van der Waals surface area contributed by atoms with E-state index in [4.69, 9.17) is 32.7 Å². The first-order valence-electron chi connectivity index (χ1n) is 7.38. The number of anilines is 1. The summed E-state index contributed by atoms with van der Waals surface area (Å²) in [5.74, 6) is 0.526. The molecule has 0 aliphatic heterocycles. The van der Waals surface area contributed by atoms with Crippen molar-refractivity contribution in [2.24, 2.45) is 5.92 Å². The molecule has 1 aliphatic rings. The predicted molar refractivity (Wildman–Crippen MR) is 92.7 cm³/mol. The molecule has 0 radical (unpaired) electrons. The van der Waals surface area contributed by atoms with Gasteiger partial charge in [-0.1, -0.05) is 0 Å². The number of benzene rings is 1. The van der Waals surface area contributed by atoms with Gasteiger partial charge in [0.2, 0.25) is 5.91 Å².